The van der Waals surface area contributed by atoms with Gasteiger partial charge in [-0.1, -0.05) is 18.2 Å². The predicted molar refractivity (Wildman–Crippen MR) is 98.6 cm³/mol. The monoisotopic (exact) mass is 355 g/mol. The number of ether oxygens (including phenoxy) is 1. The molecule has 3 aromatic rings. The lowest BCUT2D eigenvalue weighted by Gasteiger charge is -2.22. The van der Waals surface area contributed by atoms with E-state index < -0.39 is 0 Å². The van der Waals surface area contributed by atoms with Gasteiger partial charge in [0.1, 0.15) is 11.5 Å². The fourth-order valence-electron chi connectivity index (χ4n) is 2.90. The molecule has 5 nitrogen and oxygen atoms in total. The van der Waals surface area contributed by atoms with Crippen molar-refractivity contribution in [2.24, 2.45) is 0 Å². The first-order chi connectivity index (χ1) is 12.6. The minimum absolute atomic E-state index is 0.0952. The van der Waals surface area contributed by atoms with E-state index in [1.807, 2.05) is 19.1 Å². The van der Waals surface area contributed by atoms with Crippen LogP contribution in [-0.2, 0) is 17.8 Å². The summed E-state index contributed by atoms with van der Waals surface area (Å²) in [4.78, 5) is 19.2. The molecule has 0 unspecified atom stereocenters. The number of methoxy groups -OCH3 is 1. The molecule has 26 heavy (non-hydrogen) atoms. The van der Waals surface area contributed by atoms with Crippen LogP contribution < -0.4 is 5.56 Å². The fraction of sp³-hybridized carbons (Fsp3) is 0.300. The average molecular weight is 355 g/mol. The fourth-order valence-corrected chi connectivity index (χ4v) is 2.90. The van der Waals surface area contributed by atoms with Crippen LogP contribution in [0.2, 0.25) is 0 Å². The van der Waals surface area contributed by atoms with Crippen LogP contribution in [0.3, 0.4) is 0 Å². The maximum atomic E-state index is 13.1. The van der Waals surface area contributed by atoms with Gasteiger partial charge in [0, 0.05) is 39.0 Å². The van der Waals surface area contributed by atoms with Crippen LogP contribution in [0.1, 0.15) is 16.8 Å². The van der Waals surface area contributed by atoms with E-state index in [4.69, 9.17) is 4.74 Å². The number of fused-ring (bicyclic) bond motifs is 1. The van der Waals surface area contributed by atoms with E-state index in [-0.39, 0.29) is 11.4 Å². The van der Waals surface area contributed by atoms with Crippen molar-refractivity contribution in [3.63, 3.8) is 0 Å². The molecule has 0 atom stereocenters. The van der Waals surface area contributed by atoms with Crippen LogP contribution in [0.15, 0.2) is 53.5 Å². The van der Waals surface area contributed by atoms with Crippen molar-refractivity contribution in [2.75, 3.05) is 20.3 Å². The standard InChI is InChI=1S/C20H22FN3O2/c1-15-4-3-9-24-19(25)12-18(22-20(15)24)14-23(10-11-26-2)13-16-5-7-17(21)8-6-16/h3-9,12H,10-11,13-14H2,1-2H3. The zero-order valence-electron chi connectivity index (χ0n) is 15.0. The van der Waals surface area contributed by atoms with E-state index in [1.165, 1.54) is 12.1 Å². The topological polar surface area (TPSA) is 46.8 Å². The molecule has 0 radical (unpaired) electrons. The van der Waals surface area contributed by atoms with Crippen LogP contribution in [-0.4, -0.2) is 34.5 Å². The highest BCUT2D eigenvalue weighted by Gasteiger charge is 2.11. The van der Waals surface area contributed by atoms with Crippen LogP contribution in [0.5, 0.6) is 0 Å². The van der Waals surface area contributed by atoms with Gasteiger partial charge in [0.15, 0.2) is 0 Å². The second kappa shape index (κ2) is 8.21. The minimum Gasteiger partial charge on any atom is -0.383 e. The second-order valence-corrected chi connectivity index (χ2v) is 6.30. The molecule has 0 bridgehead atoms. The predicted octanol–water partition coefficient (Wildman–Crippen LogP) is 2.79. The number of pyridine rings is 1. The molecule has 6 heteroatoms. The number of nitrogens with zero attached hydrogens (tertiary/aromatic N) is 3. The molecule has 0 aliphatic rings. The highest BCUT2D eigenvalue weighted by atomic mass is 19.1. The minimum atomic E-state index is -0.253. The Bertz CT molecular complexity index is 938. The van der Waals surface area contributed by atoms with Gasteiger partial charge in [-0.3, -0.25) is 14.1 Å². The molecule has 0 saturated carbocycles. The van der Waals surface area contributed by atoms with Gasteiger partial charge in [0.05, 0.1) is 12.3 Å². The molecule has 0 spiro atoms. The maximum absolute atomic E-state index is 13.1. The largest absolute Gasteiger partial charge is 0.383 e. The number of benzene rings is 1. The van der Waals surface area contributed by atoms with Gasteiger partial charge in [0.2, 0.25) is 0 Å². The summed E-state index contributed by atoms with van der Waals surface area (Å²) in [5.74, 6) is -0.253. The summed E-state index contributed by atoms with van der Waals surface area (Å²) in [5.41, 5.74) is 3.23. The van der Waals surface area contributed by atoms with Gasteiger partial charge >= 0.3 is 0 Å². The number of rotatable bonds is 7. The number of aromatic nitrogens is 2. The number of hydrogen-bond acceptors (Lipinski definition) is 4. The van der Waals surface area contributed by atoms with Crippen LogP contribution in [0.25, 0.3) is 5.65 Å². The van der Waals surface area contributed by atoms with Crippen LogP contribution >= 0.6 is 0 Å². The summed E-state index contributed by atoms with van der Waals surface area (Å²) in [6, 6.07) is 11.8. The van der Waals surface area contributed by atoms with E-state index in [1.54, 1.807) is 35.9 Å². The van der Waals surface area contributed by atoms with Crippen molar-refractivity contribution in [3.8, 4) is 0 Å². The van der Waals surface area contributed by atoms with Gasteiger partial charge in [-0.25, -0.2) is 9.37 Å². The first-order valence-corrected chi connectivity index (χ1v) is 8.50. The third kappa shape index (κ3) is 4.33. The van der Waals surface area contributed by atoms with Gasteiger partial charge in [0.25, 0.3) is 5.56 Å². The molecule has 0 aliphatic heterocycles. The molecule has 1 aromatic carbocycles. The molecule has 0 aliphatic carbocycles. The summed E-state index contributed by atoms with van der Waals surface area (Å²) in [6.45, 7) is 4.32. The third-order valence-corrected chi connectivity index (χ3v) is 4.26. The van der Waals surface area contributed by atoms with Crippen molar-refractivity contribution in [2.45, 2.75) is 20.0 Å². The first-order valence-electron chi connectivity index (χ1n) is 8.50. The molecular weight excluding hydrogens is 333 g/mol. The van der Waals surface area contributed by atoms with Gasteiger partial charge < -0.3 is 4.74 Å². The van der Waals surface area contributed by atoms with Gasteiger partial charge in [-0.15, -0.1) is 0 Å². The first kappa shape index (κ1) is 18.2. The van der Waals surface area contributed by atoms with Crippen molar-refractivity contribution in [1.82, 2.24) is 14.3 Å². The summed E-state index contributed by atoms with van der Waals surface area (Å²) in [7, 11) is 1.65. The molecule has 3 rings (SSSR count). The van der Waals surface area contributed by atoms with Gasteiger partial charge in [-0.05, 0) is 36.2 Å². The zero-order chi connectivity index (χ0) is 18.5. The Labute approximate surface area is 151 Å². The molecule has 0 saturated heterocycles. The smallest absolute Gasteiger partial charge is 0.258 e. The number of halogens is 1. The molecule has 136 valence electrons. The average Bonchev–Trinajstić information content (AvgIpc) is 2.62. The Balaban J connectivity index is 1.86. The Morgan fingerprint density at radius 2 is 1.96 bits per heavy atom. The molecule has 0 N–H and O–H groups in total. The third-order valence-electron chi connectivity index (χ3n) is 4.26. The summed E-state index contributed by atoms with van der Waals surface area (Å²) in [5, 5.41) is 0. The number of aryl methyl sites for hydroxylation is 1. The molecule has 2 heterocycles. The van der Waals surface area contributed by atoms with Crippen LogP contribution in [0.4, 0.5) is 4.39 Å². The maximum Gasteiger partial charge on any atom is 0.258 e. The molecular formula is C20H22FN3O2. The summed E-state index contributed by atoms with van der Waals surface area (Å²) < 4.78 is 19.9. The highest BCUT2D eigenvalue weighted by molar-refractivity contribution is 5.46. The Morgan fingerprint density at radius 1 is 1.19 bits per heavy atom. The zero-order valence-corrected chi connectivity index (χ0v) is 15.0. The van der Waals surface area contributed by atoms with E-state index in [2.05, 4.69) is 9.88 Å². The van der Waals surface area contributed by atoms with Gasteiger partial charge in [-0.2, -0.15) is 0 Å². The lowest BCUT2D eigenvalue weighted by Crippen LogP contribution is -2.28. The number of hydrogen-bond donors (Lipinski definition) is 0. The summed E-state index contributed by atoms with van der Waals surface area (Å²) >= 11 is 0. The van der Waals surface area contributed by atoms with E-state index in [9.17, 15) is 9.18 Å². The highest BCUT2D eigenvalue weighted by Crippen LogP contribution is 2.11. The summed E-state index contributed by atoms with van der Waals surface area (Å²) in [6.07, 6.45) is 1.72. The molecule has 0 amide bonds. The Morgan fingerprint density at radius 3 is 2.69 bits per heavy atom. The van der Waals surface area contributed by atoms with Crippen LogP contribution in [0, 0.1) is 12.7 Å². The van der Waals surface area contributed by atoms with E-state index >= 15 is 0 Å². The van der Waals surface area contributed by atoms with Crippen molar-refractivity contribution in [1.29, 1.82) is 0 Å². The SMILES string of the molecule is COCCN(Cc1ccc(F)cc1)Cc1cc(=O)n2cccc(C)c2n1. The molecule has 2 aromatic heterocycles. The van der Waals surface area contributed by atoms with Crippen molar-refractivity contribution in [3.05, 3.63) is 81.7 Å². The lowest BCUT2D eigenvalue weighted by atomic mass is 10.2. The van der Waals surface area contributed by atoms with E-state index in [0.29, 0.717) is 37.6 Å². The van der Waals surface area contributed by atoms with Crippen molar-refractivity contribution >= 4 is 5.65 Å². The normalized spacial score (nSPS) is 11.4. The second-order valence-electron chi connectivity index (χ2n) is 6.30. The van der Waals surface area contributed by atoms with E-state index in [0.717, 1.165) is 11.1 Å². The quantitative estimate of drug-likeness (QED) is 0.654. The Kier molecular flexibility index (Phi) is 5.75. The molecule has 0 fully saturated rings. The Hall–Kier alpha value is -2.57. The van der Waals surface area contributed by atoms with Crippen molar-refractivity contribution < 1.29 is 9.13 Å². The lowest BCUT2D eigenvalue weighted by molar-refractivity contribution is 0.139.